The Morgan fingerprint density at radius 1 is 1.00 bits per heavy atom. The molecule has 2 nitrogen and oxygen atoms in total. The van der Waals surface area contributed by atoms with Crippen molar-refractivity contribution in [1.29, 1.82) is 0 Å². The third kappa shape index (κ3) is 3.71. The van der Waals surface area contributed by atoms with Crippen molar-refractivity contribution in [2.45, 2.75) is 59.0 Å². The Bertz CT molecular complexity index is 122. The molecule has 0 saturated carbocycles. The highest BCUT2D eigenvalue weighted by Crippen LogP contribution is 2.31. The van der Waals surface area contributed by atoms with Gasteiger partial charge in [0.15, 0.2) is 0 Å². The maximum absolute atomic E-state index is 5.98. The van der Waals surface area contributed by atoms with Gasteiger partial charge in [-0.15, -0.1) is 0 Å². The first-order chi connectivity index (χ1) is 6.66. The summed E-state index contributed by atoms with van der Waals surface area (Å²) in [5, 5.41) is 0. The smallest absolute Gasteiger partial charge is 0.341 e. The second-order valence-electron chi connectivity index (χ2n) is 3.74. The van der Waals surface area contributed by atoms with Gasteiger partial charge in [-0.3, -0.25) is 0 Å². The van der Waals surface area contributed by atoms with E-state index in [1.807, 2.05) is 0 Å². The monoisotopic (exact) mass is 218 g/mol. The molecule has 0 aromatic carbocycles. The fourth-order valence-electron chi connectivity index (χ4n) is 1.87. The summed E-state index contributed by atoms with van der Waals surface area (Å²) in [6.07, 6.45) is 2.32. The van der Waals surface area contributed by atoms with E-state index in [0.29, 0.717) is 5.54 Å². The van der Waals surface area contributed by atoms with Crippen molar-refractivity contribution in [3.05, 3.63) is 0 Å². The topological polar surface area (TPSA) is 18.5 Å². The minimum absolute atomic E-state index is 0.599. The van der Waals surface area contributed by atoms with E-state index >= 15 is 0 Å². The van der Waals surface area contributed by atoms with Crippen LogP contribution in [0, 0.1) is 0 Å². The van der Waals surface area contributed by atoms with Gasteiger partial charge in [0.25, 0.3) is 0 Å². The summed E-state index contributed by atoms with van der Waals surface area (Å²) >= 11 is 0. The standard InChI is InChI=1S/C11H26O2Si/c1-6-10-14(12-8-3,13-9-4)11(5)7-2/h11H,6-10H2,1-5H3. The summed E-state index contributed by atoms with van der Waals surface area (Å²) in [6.45, 7) is 12.4. The second kappa shape index (κ2) is 7.43. The van der Waals surface area contributed by atoms with E-state index in [1.54, 1.807) is 0 Å². The van der Waals surface area contributed by atoms with E-state index in [-0.39, 0.29) is 0 Å². The van der Waals surface area contributed by atoms with Crippen molar-refractivity contribution in [3.63, 3.8) is 0 Å². The summed E-state index contributed by atoms with van der Waals surface area (Å²) in [5.41, 5.74) is 0.599. The van der Waals surface area contributed by atoms with Gasteiger partial charge in [-0.25, -0.2) is 0 Å². The zero-order chi connectivity index (χ0) is 11.0. The van der Waals surface area contributed by atoms with Crippen LogP contribution in [0.2, 0.25) is 11.6 Å². The molecule has 0 bridgehead atoms. The Balaban J connectivity index is 4.53. The highest BCUT2D eigenvalue weighted by atomic mass is 28.4. The summed E-state index contributed by atoms with van der Waals surface area (Å²) in [5.74, 6) is 0. The molecule has 0 rings (SSSR count). The molecule has 0 amide bonds. The molecular weight excluding hydrogens is 192 g/mol. The van der Waals surface area contributed by atoms with Gasteiger partial charge in [0.1, 0.15) is 0 Å². The molecule has 3 heteroatoms. The summed E-state index contributed by atoms with van der Waals surface area (Å²) in [4.78, 5) is 0. The van der Waals surface area contributed by atoms with Crippen LogP contribution in [0.15, 0.2) is 0 Å². The molecule has 0 aliphatic carbocycles. The average Bonchev–Trinajstić information content (AvgIpc) is 2.17. The molecule has 0 saturated heterocycles. The molecule has 0 aromatic heterocycles. The van der Waals surface area contributed by atoms with Crippen molar-refractivity contribution < 1.29 is 8.85 Å². The maximum Gasteiger partial charge on any atom is 0.341 e. The Labute approximate surface area is 90.2 Å². The number of hydrogen-bond donors (Lipinski definition) is 0. The Morgan fingerprint density at radius 3 is 1.79 bits per heavy atom. The first-order valence-corrected chi connectivity index (χ1v) is 8.04. The molecule has 1 atom stereocenters. The van der Waals surface area contributed by atoms with E-state index in [1.165, 1.54) is 0 Å². The van der Waals surface area contributed by atoms with Gasteiger partial charge >= 0.3 is 8.56 Å². The average molecular weight is 218 g/mol. The molecule has 0 fully saturated rings. The molecule has 0 N–H and O–H groups in total. The van der Waals surface area contributed by atoms with Crippen LogP contribution in [0.3, 0.4) is 0 Å². The normalized spacial score (nSPS) is 14.4. The van der Waals surface area contributed by atoms with Crippen LogP contribution in [0.5, 0.6) is 0 Å². The SMILES string of the molecule is CCC[Si](OCC)(OCC)C(C)CC. The molecule has 0 aliphatic heterocycles. The molecule has 1 unspecified atom stereocenters. The lowest BCUT2D eigenvalue weighted by molar-refractivity contribution is 0.172. The third-order valence-corrected chi connectivity index (χ3v) is 7.40. The molecule has 14 heavy (non-hydrogen) atoms. The molecule has 86 valence electrons. The Hall–Kier alpha value is 0.137. The van der Waals surface area contributed by atoms with Crippen LogP contribution in [-0.4, -0.2) is 21.8 Å². The van der Waals surface area contributed by atoms with Gasteiger partial charge in [0, 0.05) is 13.2 Å². The molecule has 0 radical (unpaired) electrons. The quantitative estimate of drug-likeness (QED) is 0.578. The van der Waals surface area contributed by atoms with Gasteiger partial charge in [-0.05, 0) is 25.4 Å². The molecule has 0 aliphatic rings. The van der Waals surface area contributed by atoms with Crippen LogP contribution < -0.4 is 0 Å². The van der Waals surface area contributed by atoms with Gasteiger partial charge in [-0.1, -0.05) is 33.6 Å². The highest BCUT2D eigenvalue weighted by molar-refractivity contribution is 6.68. The van der Waals surface area contributed by atoms with Crippen LogP contribution in [0.25, 0.3) is 0 Å². The van der Waals surface area contributed by atoms with Gasteiger partial charge in [-0.2, -0.15) is 0 Å². The van der Waals surface area contributed by atoms with Crippen molar-refractivity contribution in [2.75, 3.05) is 13.2 Å². The molecule has 0 aromatic rings. The zero-order valence-corrected chi connectivity index (χ0v) is 11.4. The minimum atomic E-state index is -1.90. The van der Waals surface area contributed by atoms with Gasteiger partial charge in [0.05, 0.1) is 0 Å². The van der Waals surface area contributed by atoms with Gasteiger partial charge < -0.3 is 8.85 Å². The van der Waals surface area contributed by atoms with Gasteiger partial charge in [0.2, 0.25) is 0 Å². The lowest BCUT2D eigenvalue weighted by atomic mass is 10.4. The Kier molecular flexibility index (Phi) is 7.50. The fraction of sp³-hybridized carbons (Fsp3) is 1.00. The van der Waals surface area contributed by atoms with Crippen LogP contribution in [0.1, 0.15) is 47.5 Å². The van der Waals surface area contributed by atoms with Crippen molar-refractivity contribution in [2.24, 2.45) is 0 Å². The summed E-state index contributed by atoms with van der Waals surface area (Å²) in [6, 6.07) is 1.13. The zero-order valence-electron chi connectivity index (χ0n) is 10.4. The second-order valence-corrected chi connectivity index (χ2v) is 7.42. The van der Waals surface area contributed by atoms with Crippen LogP contribution >= 0.6 is 0 Å². The van der Waals surface area contributed by atoms with Crippen molar-refractivity contribution in [1.82, 2.24) is 0 Å². The van der Waals surface area contributed by atoms with E-state index < -0.39 is 8.56 Å². The van der Waals surface area contributed by atoms with Crippen molar-refractivity contribution in [3.8, 4) is 0 Å². The third-order valence-electron chi connectivity index (χ3n) is 2.74. The van der Waals surface area contributed by atoms with Crippen LogP contribution in [0.4, 0.5) is 0 Å². The summed E-state index contributed by atoms with van der Waals surface area (Å²) in [7, 11) is -1.90. The lowest BCUT2D eigenvalue weighted by Crippen LogP contribution is -2.45. The minimum Gasteiger partial charge on any atom is -0.394 e. The van der Waals surface area contributed by atoms with E-state index in [4.69, 9.17) is 8.85 Å². The highest BCUT2D eigenvalue weighted by Gasteiger charge is 2.41. The molecule has 0 spiro atoms. The predicted molar refractivity (Wildman–Crippen MR) is 63.8 cm³/mol. The fourth-order valence-corrected chi connectivity index (χ4v) is 5.60. The first-order valence-electron chi connectivity index (χ1n) is 5.94. The Morgan fingerprint density at radius 2 is 1.50 bits per heavy atom. The maximum atomic E-state index is 5.98. The van der Waals surface area contributed by atoms with Crippen LogP contribution in [-0.2, 0) is 8.85 Å². The first kappa shape index (κ1) is 14.1. The van der Waals surface area contributed by atoms with E-state index in [9.17, 15) is 0 Å². The van der Waals surface area contributed by atoms with Crippen molar-refractivity contribution >= 4 is 8.56 Å². The van der Waals surface area contributed by atoms with E-state index in [0.717, 1.165) is 32.1 Å². The molecular formula is C11H26O2Si. The molecule has 0 heterocycles. The largest absolute Gasteiger partial charge is 0.394 e. The summed E-state index contributed by atoms with van der Waals surface area (Å²) < 4.78 is 12.0. The number of hydrogen-bond acceptors (Lipinski definition) is 2. The lowest BCUT2D eigenvalue weighted by Gasteiger charge is -2.34. The predicted octanol–water partition coefficient (Wildman–Crippen LogP) is 3.71. The number of rotatable bonds is 8. The van der Waals surface area contributed by atoms with E-state index in [2.05, 4.69) is 34.6 Å².